The summed E-state index contributed by atoms with van der Waals surface area (Å²) in [5.74, 6) is -0.173. The molecule has 5 heteroatoms. The third kappa shape index (κ3) is 3.73. The summed E-state index contributed by atoms with van der Waals surface area (Å²) in [5, 5.41) is 11.4. The summed E-state index contributed by atoms with van der Waals surface area (Å²) in [6, 6.07) is 7.58. The quantitative estimate of drug-likeness (QED) is 0.830. The number of benzene rings is 1. The van der Waals surface area contributed by atoms with Crippen molar-refractivity contribution in [2.24, 2.45) is 0 Å². The van der Waals surface area contributed by atoms with Crippen LogP contribution in [0.1, 0.15) is 31.7 Å². The molecule has 20 heavy (non-hydrogen) atoms. The zero-order valence-electron chi connectivity index (χ0n) is 11.5. The number of nitrogens with one attached hydrogen (secondary N) is 1. The molecule has 2 rings (SSSR count). The maximum atomic E-state index is 12.1. The minimum Gasteiger partial charge on any atom is -0.481 e. The highest BCUT2D eigenvalue weighted by Crippen LogP contribution is 2.28. The van der Waals surface area contributed by atoms with Crippen LogP contribution in [0.5, 0.6) is 5.75 Å². The van der Waals surface area contributed by atoms with Gasteiger partial charge in [-0.1, -0.05) is 18.2 Å². The summed E-state index contributed by atoms with van der Waals surface area (Å²) in [5.41, 5.74) is 1.05. The molecule has 1 heterocycles. The highest BCUT2D eigenvalue weighted by atomic mass is 16.5. The number of fused-ring (bicyclic) bond motifs is 1. The van der Waals surface area contributed by atoms with Crippen LogP contribution in [-0.4, -0.2) is 29.1 Å². The van der Waals surface area contributed by atoms with E-state index in [-0.39, 0.29) is 18.4 Å². The van der Waals surface area contributed by atoms with Crippen molar-refractivity contribution in [2.45, 2.75) is 44.8 Å². The van der Waals surface area contributed by atoms with Gasteiger partial charge in [0.1, 0.15) is 5.75 Å². The van der Waals surface area contributed by atoms with Gasteiger partial charge in [-0.3, -0.25) is 9.59 Å². The summed E-state index contributed by atoms with van der Waals surface area (Å²) < 4.78 is 5.61. The summed E-state index contributed by atoms with van der Waals surface area (Å²) in [7, 11) is 0. The van der Waals surface area contributed by atoms with E-state index in [1.807, 2.05) is 31.2 Å². The molecule has 0 spiro atoms. The molecule has 0 saturated carbocycles. The van der Waals surface area contributed by atoms with Gasteiger partial charge in [-0.2, -0.15) is 0 Å². The summed E-state index contributed by atoms with van der Waals surface area (Å²) in [6.45, 7) is 1.88. The van der Waals surface area contributed by atoms with Gasteiger partial charge in [0.2, 0.25) is 0 Å². The van der Waals surface area contributed by atoms with Crippen LogP contribution in [-0.2, 0) is 16.0 Å². The molecule has 2 N–H and O–H groups in total. The first kappa shape index (κ1) is 14.4. The topological polar surface area (TPSA) is 75.6 Å². The minimum absolute atomic E-state index is 0.0471. The molecule has 1 aliphatic rings. The van der Waals surface area contributed by atoms with Crippen LogP contribution >= 0.6 is 0 Å². The van der Waals surface area contributed by atoms with Gasteiger partial charge in [0.15, 0.2) is 6.10 Å². The Hall–Kier alpha value is -2.04. The number of ether oxygens (including phenoxy) is 1. The zero-order chi connectivity index (χ0) is 14.5. The molecular weight excluding hydrogens is 258 g/mol. The fourth-order valence-electron chi connectivity index (χ4n) is 2.30. The van der Waals surface area contributed by atoms with Crippen LogP contribution in [0.3, 0.4) is 0 Å². The molecule has 0 fully saturated rings. The maximum Gasteiger partial charge on any atom is 0.303 e. The maximum absolute atomic E-state index is 12.1. The highest BCUT2D eigenvalue weighted by Gasteiger charge is 2.29. The Kier molecular flexibility index (Phi) is 4.61. The average Bonchev–Trinajstić information content (AvgIpc) is 2.82. The molecule has 108 valence electrons. The second-order valence-corrected chi connectivity index (χ2v) is 5.11. The first-order valence-electron chi connectivity index (χ1n) is 6.83. The molecule has 1 aromatic carbocycles. The molecule has 2 atom stereocenters. The summed E-state index contributed by atoms with van der Waals surface area (Å²) in [4.78, 5) is 22.5. The number of carbonyl (C=O) groups is 2. The molecular formula is C15H19NO4. The smallest absolute Gasteiger partial charge is 0.303 e. The second kappa shape index (κ2) is 6.41. The number of carbonyl (C=O) groups excluding carboxylic acids is 1. The largest absolute Gasteiger partial charge is 0.481 e. The van der Waals surface area contributed by atoms with Crippen LogP contribution in [0.2, 0.25) is 0 Å². The Morgan fingerprint density at radius 3 is 2.90 bits per heavy atom. The van der Waals surface area contributed by atoms with E-state index in [1.54, 1.807) is 0 Å². The van der Waals surface area contributed by atoms with Crippen molar-refractivity contribution in [2.75, 3.05) is 0 Å². The Morgan fingerprint density at radius 1 is 1.45 bits per heavy atom. The lowest BCUT2D eigenvalue weighted by Gasteiger charge is -2.16. The van der Waals surface area contributed by atoms with Crippen LogP contribution < -0.4 is 10.1 Å². The van der Waals surface area contributed by atoms with Gasteiger partial charge >= 0.3 is 5.97 Å². The predicted octanol–water partition coefficient (Wildman–Crippen LogP) is 1.75. The molecule has 0 bridgehead atoms. The molecule has 5 nitrogen and oxygen atoms in total. The van der Waals surface area contributed by atoms with Gasteiger partial charge in [-0.05, 0) is 31.4 Å². The van der Waals surface area contributed by atoms with E-state index in [9.17, 15) is 9.59 Å². The average molecular weight is 277 g/mol. The van der Waals surface area contributed by atoms with Gasteiger partial charge in [0.25, 0.3) is 5.91 Å². The third-order valence-corrected chi connectivity index (χ3v) is 3.36. The van der Waals surface area contributed by atoms with Crippen molar-refractivity contribution >= 4 is 11.9 Å². The number of hydrogen-bond donors (Lipinski definition) is 2. The van der Waals surface area contributed by atoms with Crippen molar-refractivity contribution in [1.82, 2.24) is 5.32 Å². The molecule has 0 radical (unpaired) electrons. The zero-order valence-corrected chi connectivity index (χ0v) is 11.5. The van der Waals surface area contributed by atoms with E-state index in [4.69, 9.17) is 9.84 Å². The van der Waals surface area contributed by atoms with Crippen molar-refractivity contribution in [1.29, 1.82) is 0 Å². The lowest BCUT2D eigenvalue weighted by molar-refractivity contribution is -0.137. The van der Waals surface area contributed by atoms with Gasteiger partial charge in [0.05, 0.1) is 0 Å². The van der Waals surface area contributed by atoms with Crippen LogP contribution in [0.4, 0.5) is 0 Å². The number of aliphatic carboxylic acids is 1. The van der Waals surface area contributed by atoms with E-state index in [2.05, 4.69) is 5.32 Å². The van der Waals surface area contributed by atoms with E-state index >= 15 is 0 Å². The van der Waals surface area contributed by atoms with E-state index in [0.717, 1.165) is 11.3 Å². The lowest BCUT2D eigenvalue weighted by Crippen LogP contribution is -2.42. The molecule has 1 amide bonds. The first-order valence-corrected chi connectivity index (χ1v) is 6.83. The Balaban J connectivity index is 1.77. The summed E-state index contributed by atoms with van der Waals surface area (Å²) >= 11 is 0. The molecule has 0 aliphatic carbocycles. The molecule has 1 aromatic rings. The van der Waals surface area contributed by atoms with Crippen molar-refractivity contribution in [3.05, 3.63) is 29.8 Å². The van der Waals surface area contributed by atoms with Crippen molar-refractivity contribution in [3.8, 4) is 5.75 Å². The SMILES string of the molecule is CC(CCCC(=O)O)NC(=O)C1Cc2ccccc2O1. The third-order valence-electron chi connectivity index (χ3n) is 3.36. The monoisotopic (exact) mass is 277 g/mol. The number of hydrogen-bond acceptors (Lipinski definition) is 3. The van der Waals surface area contributed by atoms with Crippen LogP contribution in [0.15, 0.2) is 24.3 Å². The molecule has 2 unspecified atom stereocenters. The van der Waals surface area contributed by atoms with Crippen LogP contribution in [0, 0.1) is 0 Å². The number of amides is 1. The number of carboxylic acids is 1. The Bertz CT molecular complexity index is 475. The van der Waals surface area contributed by atoms with E-state index in [0.29, 0.717) is 19.3 Å². The van der Waals surface area contributed by atoms with Crippen LogP contribution in [0.25, 0.3) is 0 Å². The first-order chi connectivity index (χ1) is 9.56. The fourth-order valence-corrected chi connectivity index (χ4v) is 2.30. The van der Waals surface area contributed by atoms with Gasteiger partial charge < -0.3 is 15.2 Å². The van der Waals surface area contributed by atoms with E-state index < -0.39 is 12.1 Å². The normalized spacial score (nSPS) is 17.9. The molecule has 0 saturated heterocycles. The van der Waals surface area contributed by atoms with Gasteiger partial charge in [0, 0.05) is 18.9 Å². The highest BCUT2D eigenvalue weighted by molar-refractivity contribution is 5.82. The number of carboxylic acid groups (broad SMARTS) is 1. The van der Waals surface area contributed by atoms with Gasteiger partial charge in [-0.25, -0.2) is 0 Å². The minimum atomic E-state index is -0.807. The fraction of sp³-hybridized carbons (Fsp3) is 0.467. The summed E-state index contributed by atoms with van der Waals surface area (Å²) in [6.07, 6.45) is 1.45. The van der Waals surface area contributed by atoms with Crippen molar-refractivity contribution in [3.63, 3.8) is 0 Å². The predicted molar refractivity (Wildman–Crippen MR) is 73.7 cm³/mol. The second-order valence-electron chi connectivity index (χ2n) is 5.11. The Labute approximate surface area is 117 Å². The number of rotatable bonds is 6. The van der Waals surface area contributed by atoms with Gasteiger partial charge in [-0.15, -0.1) is 0 Å². The Morgan fingerprint density at radius 2 is 2.20 bits per heavy atom. The van der Waals surface area contributed by atoms with E-state index in [1.165, 1.54) is 0 Å². The molecule has 0 aromatic heterocycles. The number of para-hydroxylation sites is 1. The van der Waals surface area contributed by atoms with Crippen molar-refractivity contribution < 1.29 is 19.4 Å². The standard InChI is InChI=1S/C15H19NO4/c1-10(5-4-8-14(17)18)16-15(19)13-9-11-6-2-3-7-12(11)20-13/h2-3,6-7,10,13H,4-5,8-9H2,1H3,(H,16,19)(H,17,18). The lowest BCUT2D eigenvalue weighted by atomic mass is 10.1. The molecule has 1 aliphatic heterocycles.